The molecule has 0 saturated heterocycles. The van der Waals surface area contributed by atoms with Crippen LogP contribution in [0.15, 0.2) is 5.51 Å². The van der Waals surface area contributed by atoms with Gasteiger partial charge < -0.3 is 5.32 Å². The zero-order valence-electron chi connectivity index (χ0n) is 10.8. The van der Waals surface area contributed by atoms with E-state index in [-0.39, 0.29) is 0 Å². The molecule has 0 amide bonds. The molecular formula is C12H23N3S. The predicted molar refractivity (Wildman–Crippen MR) is 70.9 cm³/mol. The van der Waals surface area contributed by atoms with Gasteiger partial charge in [-0.25, -0.2) is 4.98 Å². The molecule has 1 aromatic heterocycles. The number of thiazole rings is 1. The lowest BCUT2D eigenvalue weighted by molar-refractivity contribution is 0.236. The number of hydrogen-bond acceptors (Lipinski definition) is 4. The summed E-state index contributed by atoms with van der Waals surface area (Å²) in [7, 11) is 4.21. The average molecular weight is 241 g/mol. The monoisotopic (exact) mass is 241 g/mol. The van der Waals surface area contributed by atoms with Crippen LogP contribution in [0, 0.1) is 6.92 Å². The molecule has 1 N–H and O–H groups in total. The second-order valence-corrected chi connectivity index (χ2v) is 5.31. The van der Waals surface area contributed by atoms with Gasteiger partial charge in [-0.3, -0.25) is 4.90 Å². The van der Waals surface area contributed by atoms with Crippen LogP contribution in [0.5, 0.6) is 0 Å². The van der Waals surface area contributed by atoms with E-state index in [0.29, 0.717) is 6.04 Å². The summed E-state index contributed by atoms with van der Waals surface area (Å²) in [6.07, 6.45) is 2.48. The molecule has 1 rings (SSSR count). The quantitative estimate of drug-likeness (QED) is 0.742. The van der Waals surface area contributed by atoms with Crippen molar-refractivity contribution in [3.8, 4) is 0 Å². The first-order valence-electron chi connectivity index (χ1n) is 5.89. The van der Waals surface area contributed by atoms with Crippen molar-refractivity contribution in [2.75, 3.05) is 20.6 Å². The summed E-state index contributed by atoms with van der Waals surface area (Å²) in [5.41, 5.74) is 3.11. The van der Waals surface area contributed by atoms with E-state index in [1.54, 1.807) is 11.3 Å². The summed E-state index contributed by atoms with van der Waals surface area (Å²) in [5.74, 6) is 0. The largest absolute Gasteiger partial charge is 0.320 e. The van der Waals surface area contributed by atoms with Crippen molar-refractivity contribution in [3.63, 3.8) is 0 Å². The highest BCUT2D eigenvalue weighted by atomic mass is 32.1. The fraction of sp³-hybridized carbons (Fsp3) is 0.750. The molecule has 3 nitrogen and oxygen atoms in total. The number of nitrogens with one attached hydrogen (secondary N) is 1. The zero-order valence-corrected chi connectivity index (χ0v) is 11.6. The maximum absolute atomic E-state index is 4.29. The molecular weight excluding hydrogens is 218 g/mol. The Kier molecular flexibility index (Phi) is 5.95. The number of aromatic nitrogens is 1. The van der Waals surface area contributed by atoms with Gasteiger partial charge in [0.15, 0.2) is 0 Å². The highest BCUT2D eigenvalue weighted by Gasteiger charge is 2.11. The summed E-state index contributed by atoms with van der Waals surface area (Å²) < 4.78 is 0. The Morgan fingerprint density at radius 1 is 1.56 bits per heavy atom. The maximum atomic E-state index is 4.29. The molecule has 0 radical (unpaired) electrons. The minimum atomic E-state index is 0.634. The molecule has 92 valence electrons. The Morgan fingerprint density at radius 2 is 2.31 bits per heavy atom. The van der Waals surface area contributed by atoms with Gasteiger partial charge in [0.2, 0.25) is 0 Å². The van der Waals surface area contributed by atoms with Crippen LogP contribution >= 0.6 is 11.3 Å². The zero-order chi connectivity index (χ0) is 12.0. The van der Waals surface area contributed by atoms with Gasteiger partial charge in [0.25, 0.3) is 0 Å². The van der Waals surface area contributed by atoms with E-state index in [9.17, 15) is 0 Å². The van der Waals surface area contributed by atoms with Crippen LogP contribution in [-0.2, 0) is 6.54 Å². The second kappa shape index (κ2) is 6.99. The SMILES string of the molecule is CNCCCC(C)N(C)Cc1scnc1C. The minimum absolute atomic E-state index is 0.634. The van der Waals surface area contributed by atoms with Crippen molar-refractivity contribution in [1.29, 1.82) is 0 Å². The lowest BCUT2D eigenvalue weighted by atomic mass is 10.1. The van der Waals surface area contributed by atoms with E-state index in [2.05, 4.69) is 36.1 Å². The molecule has 1 aromatic rings. The van der Waals surface area contributed by atoms with Crippen molar-refractivity contribution in [2.45, 2.75) is 39.3 Å². The summed E-state index contributed by atoms with van der Waals surface area (Å²) in [6.45, 7) is 6.52. The Balaban J connectivity index is 2.34. The Morgan fingerprint density at radius 3 is 2.88 bits per heavy atom. The van der Waals surface area contributed by atoms with Crippen LogP contribution in [0.1, 0.15) is 30.3 Å². The third-order valence-corrected chi connectivity index (χ3v) is 3.96. The van der Waals surface area contributed by atoms with Gasteiger partial charge in [-0.05, 0) is 47.3 Å². The first-order chi connectivity index (χ1) is 7.65. The molecule has 0 fully saturated rings. The third kappa shape index (κ3) is 4.20. The van der Waals surface area contributed by atoms with E-state index >= 15 is 0 Å². The summed E-state index contributed by atoms with van der Waals surface area (Å²) in [4.78, 5) is 8.09. The Bertz CT molecular complexity index is 298. The molecule has 0 spiro atoms. The number of nitrogens with zero attached hydrogens (tertiary/aromatic N) is 2. The van der Waals surface area contributed by atoms with Crippen LogP contribution < -0.4 is 5.32 Å². The predicted octanol–water partition coefficient (Wildman–Crippen LogP) is 2.27. The molecule has 1 atom stereocenters. The molecule has 1 unspecified atom stereocenters. The Hall–Kier alpha value is -0.450. The summed E-state index contributed by atoms with van der Waals surface area (Å²) in [5, 5.41) is 3.19. The first-order valence-corrected chi connectivity index (χ1v) is 6.77. The van der Waals surface area contributed by atoms with E-state index < -0.39 is 0 Å². The Labute approximate surface area is 103 Å². The van der Waals surface area contributed by atoms with E-state index in [1.165, 1.54) is 23.4 Å². The molecule has 4 heteroatoms. The standard InChI is InChI=1S/C12H23N3S/c1-10(6-5-7-13-3)15(4)8-12-11(2)14-9-16-12/h9-10,13H,5-8H2,1-4H3. The first kappa shape index (κ1) is 13.6. The van der Waals surface area contributed by atoms with Crippen LogP contribution in [0.3, 0.4) is 0 Å². The topological polar surface area (TPSA) is 28.2 Å². The minimum Gasteiger partial charge on any atom is -0.320 e. The molecule has 1 heterocycles. The molecule has 0 aliphatic carbocycles. The molecule has 16 heavy (non-hydrogen) atoms. The average Bonchev–Trinajstić information content (AvgIpc) is 2.64. The van der Waals surface area contributed by atoms with Gasteiger partial charge in [0.05, 0.1) is 11.2 Å². The van der Waals surface area contributed by atoms with Gasteiger partial charge >= 0.3 is 0 Å². The number of aryl methyl sites for hydroxylation is 1. The van der Waals surface area contributed by atoms with Gasteiger partial charge in [0, 0.05) is 17.5 Å². The van der Waals surface area contributed by atoms with Crippen molar-refractivity contribution >= 4 is 11.3 Å². The second-order valence-electron chi connectivity index (χ2n) is 4.37. The summed E-state index contributed by atoms with van der Waals surface area (Å²) in [6, 6.07) is 0.634. The van der Waals surface area contributed by atoms with Crippen molar-refractivity contribution in [1.82, 2.24) is 15.2 Å². The van der Waals surface area contributed by atoms with Crippen LogP contribution in [-0.4, -0.2) is 36.6 Å². The van der Waals surface area contributed by atoms with Gasteiger partial charge in [-0.15, -0.1) is 11.3 Å². The lowest BCUT2D eigenvalue weighted by Gasteiger charge is -2.24. The van der Waals surface area contributed by atoms with Gasteiger partial charge in [0.1, 0.15) is 0 Å². The number of rotatable bonds is 7. The molecule has 0 aliphatic rings. The smallest absolute Gasteiger partial charge is 0.0798 e. The van der Waals surface area contributed by atoms with Crippen LogP contribution in [0.2, 0.25) is 0 Å². The lowest BCUT2D eigenvalue weighted by Crippen LogP contribution is -2.29. The highest BCUT2D eigenvalue weighted by Crippen LogP contribution is 2.16. The number of hydrogen-bond donors (Lipinski definition) is 1. The van der Waals surface area contributed by atoms with E-state index in [1.807, 2.05) is 12.6 Å². The van der Waals surface area contributed by atoms with E-state index in [4.69, 9.17) is 0 Å². The third-order valence-electron chi connectivity index (χ3n) is 3.04. The summed E-state index contributed by atoms with van der Waals surface area (Å²) >= 11 is 1.76. The molecule has 0 bridgehead atoms. The molecule has 0 aromatic carbocycles. The maximum Gasteiger partial charge on any atom is 0.0798 e. The molecule has 0 saturated carbocycles. The van der Waals surface area contributed by atoms with Crippen LogP contribution in [0.25, 0.3) is 0 Å². The fourth-order valence-electron chi connectivity index (χ4n) is 1.65. The van der Waals surface area contributed by atoms with Crippen molar-refractivity contribution in [2.24, 2.45) is 0 Å². The van der Waals surface area contributed by atoms with Gasteiger partial charge in [-0.1, -0.05) is 0 Å². The normalized spacial score (nSPS) is 13.3. The highest BCUT2D eigenvalue weighted by molar-refractivity contribution is 7.09. The molecule has 0 aliphatic heterocycles. The van der Waals surface area contributed by atoms with Gasteiger partial charge in [-0.2, -0.15) is 0 Å². The van der Waals surface area contributed by atoms with E-state index in [0.717, 1.165) is 13.1 Å². The van der Waals surface area contributed by atoms with Crippen molar-refractivity contribution in [3.05, 3.63) is 16.1 Å². The van der Waals surface area contributed by atoms with Crippen LogP contribution in [0.4, 0.5) is 0 Å². The van der Waals surface area contributed by atoms with Crippen molar-refractivity contribution < 1.29 is 0 Å². The fourth-order valence-corrected chi connectivity index (χ4v) is 2.49.